The molecule has 8 nitrogen and oxygen atoms in total. The lowest BCUT2D eigenvalue weighted by Gasteiger charge is -2.42. The van der Waals surface area contributed by atoms with Gasteiger partial charge < -0.3 is 10.7 Å². The van der Waals surface area contributed by atoms with Crippen LogP contribution in [0, 0.1) is 0 Å². The van der Waals surface area contributed by atoms with Crippen LogP contribution in [-0.2, 0) is 0 Å². The van der Waals surface area contributed by atoms with Gasteiger partial charge in [-0.2, -0.15) is 10.2 Å². The Morgan fingerprint density at radius 3 is 2.75 bits per heavy atom. The molecule has 1 aliphatic rings. The minimum Gasteiger partial charge on any atom is -0.383 e. The highest BCUT2D eigenvalue weighted by Gasteiger charge is 2.37. The summed E-state index contributed by atoms with van der Waals surface area (Å²) in [5.41, 5.74) is 8.73. The minimum atomic E-state index is -0.159. The number of aromatic amines is 1. The first kappa shape index (κ1) is 16.6. The molecule has 5 rings (SSSR count). The van der Waals surface area contributed by atoms with Crippen LogP contribution in [0.4, 0.5) is 5.82 Å². The molecule has 1 unspecified atom stereocenters. The highest BCUT2D eigenvalue weighted by atomic mass is 15.9. The van der Waals surface area contributed by atoms with E-state index in [0.717, 1.165) is 16.6 Å². The maximum absolute atomic E-state index is 6.03. The van der Waals surface area contributed by atoms with Gasteiger partial charge in [-0.15, -0.1) is 4.79 Å². The van der Waals surface area contributed by atoms with E-state index in [1.807, 2.05) is 12.1 Å². The normalized spacial score (nSPS) is 17.3. The number of fused-ring (bicyclic) bond motifs is 2. The van der Waals surface area contributed by atoms with E-state index in [9.17, 15) is 0 Å². The van der Waals surface area contributed by atoms with Crippen molar-refractivity contribution in [3.05, 3.63) is 60.8 Å². The molecule has 0 bridgehead atoms. The second-order valence-corrected chi connectivity index (χ2v) is 7.96. The maximum Gasteiger partial charge on any atom is 0.188 e. The van der Waals surface area contributed by atoms with Crippen molar-refractivity contribution < 1.29 is 0 Å². The SMILES string of the molecule is CC(C)(C)N1C=CC(c2cc3ccccc3[nH]2)N1n1ncc2c(N)ncnc21. The van der Waals surface area contributed by atoms with E-state index in [1.165, 1.54) is 11.7 Å². The van der Waals surface area contributed by atoms with Crippen LogP contribution in [-0.4, -0.2) is 35.4 Å². The number of benzene rings is 1. The second-order valence-electron chi connectivity index (χ2n) is 7.96. The second kappa shape index (κ2) is 5.72. The molecule has 8 heteroatoms. The van der Waals surface area contributed by atoms with Gasteiger partial charge >= 0.3 is 0 Å². The van der Waals surface area contributed by atoms with Crippen molar-refractivity contribution in [2.45, 2.75) is 32.4 Å². The Labute approximate surface area is 162 Å². The molecular weight excluding hydrogens is 352 g/mol. The summed E-state index contributed by atoms with van der Waals surface area (Å²) in [4.78, 5) is 13.9. The Balaban J connectivity index is 1.68. The third kappa shape index (κ3) is 2.41. The first-order valence-electron chi connectivity index (χ1n) is 9.22. The molecule has 0 aliphatic carbocycles. The average molecular weight is 374 g/mol. The quantitative estimate of drug-likeness (QED) is 0.560. The van der Waals surface area contributed by atoms with Crippen LogP contribution in [0.15, 0.2) is 55.1 Å². The van der Waals surface area contributed by atoms with Crippen molar-refractivity contribution in [2.24, 2.45) is 0 Å². The summed E-state index contributed by atoms with van der Waals surface area (Å²) in [6.07, 6.45) is 7.44. The van der Waals surface area contributed by atoms with E-state index in [4.69, 9.17) is 5.73 Å². The van der Waals surface area contributed by atoms with E-state index < -0.39 is 0 Å². The van der Waals surface area contributed by atoms with Gasteiger partial charge in [-0.05, 0) is 44.4 Å². The van der Waals surface area contributed by atoms with Gasteiger partial charge in [-0.3, -0.25) is 5.01 Å². The summed E-state index contributed by atoms with van der Waals surface area (Å²) < 4.78 is 0. The monoisotopic (exact) mass is 374 g/mol. The summed E-state index contributed by atoms with van der Waals surface area (Å²) in [6.45, 7) is 6.48. The molecule has 4 heterocycles. The van der Waals surface area contributed by atoms with Gasteiger partial charge in [0.15, 0.2) is 5.65 Å². The molecule has 4 aromatic rings. The summed E-state index contributed by atoms with van der Waals surface area (Å²) in [5, 5.41) is 10.8. The highest BCUT2D eigenvalue weighted by molar-refractivity contribution is 5.85. The number of hydrazine groups is 1. The number of hydrogen-bond acceptors (Lipinski definition) is 6. The number of nitrogens with one attached hydrogen (secondary N) is 1. The Morgan fingerprint density at radius 1 is 1.14 bits per heavy atom. The first-order chi connectivity index (χ1) is 13.4. The molecule has 0 fully saturated rings. The number of nitrogens with zero attached hydrogens (tertiary/aromatic N) is 6. The van der Waals surface area contributed by atoms with Crippen molar-refractivity contribution >= 4 is 27.8 Å². The number of aromatic nitrogens is 5. The fraction of sp³-hybridized carbons (Fsp3) is 0.250. The molecule has 0 saturated carbocycles. The lowest BCUT2D eigenvalue weighted by atomic mass is 10.1. The topological polar surface area (TPSA) is 91.9 Å². The van der Waals surface area contributed by atoms with Crippen molar-refractivity contribution in [3.8, 4) is 0 Å². The average Bonchev–Trinajstić information content (AvgIpc) is 3.36. The summed E-state index contributed by atoms with van der Waals surface area (Å²) in [5.74, 6) is 0.424. The van der Waals surface area contributed by atoms with Crippen LogP contribution in [0.25, 0.3) is 21.9 Å². The number of nitrogens with two attached hydrogens (primary N) is 1. The summed E-state index contributed by atoms with van der Waals surface area (Å²) in [6, 6.07) is 10.4. The van der Waals surface area contributed by atoms with Gasteiger partial charge in [0.2, 0.25) is 0 Å². The fourth-order valence-electron chi connectivity index (χ4n) is 3.67. The van der Waals surface area contributed by atoms with Gasteiger partial charge in [0.05, 0.1) is 17.1 Å². The Hall–Kier alpha value is -3.55. The molecule has 0 radical (unpaired) electrons. The molecule has 0 spiro atoms. The van der Waals surface area contributed by atoms with Crippen LogP contribution in [0.2, 0.25) is 0 Å². The van der Waals surface area contributed by atoms with Crippen LogP contribution < -0.4 is 10.9 Å². The van der Waals surface area contributed by atoms with Gasteiger partial charge in [0, 0.05) is 17.4 Å². The van der Waals surface area contributed by atoms with E-state index in [-0.39, 0.29) is 11.6 Å². The number of hydrogen-bond donors (Lipinski definition) is 2. The van der Waals surface area contributed by atoms with Gasteiger partial charge in [0.25, 0.3) is 0 Å². The van der Waals surface area contributed by atoms with Crippen molar-refractivity contribution in [1.82, 2.24) is 29.9 Å². The Kier molecular flexibility index (Phi) is 3.39. The zero-order chi connectivity index (χ0) is 19.5. The predicted molar refractivity (Wildman–Crippen MR) is 110 cm³/mol. The number of anilines is 1. The standard InChI is InChI=1S/C20H22N8/c1-20(2,3)26-9-8-17(16-10-13-6-4-5-7-15(13)25-16)28(26)27-19-14(11-24-27)18(21)22-12-23-19/h4-12,17,25H,1-3H3,(H2,21,22,23). The minimum absolute atomic E-state index is 0.0640. The van der Waals surface area contributed by atoms with E-state index in [0.29, 0.717) is 11.5 Å². The summed E-state index contributed by atoms with van der Waals surface area (Å²) >= 11 is 0. The van der Waals surface area contributed by atoms with Crippen LogP contribution >= 0.6 is 0 Å². The molecular formula is C20H22N8. The third-order valence-corrected chi connectivity index (χ3v) is 5.01. The van der Waals surface area contributed by atoms with E-state index in [2.05, 4.69) is 81.4 Å². The lowest BCUT2D eigenvalue weighted by molar-refractivity contribution is 0.139. The number of para-hydroxylation sites is 1. The maximum atomic E-state index is 6.03. The zero-order valence-corrected chi connectivity index (χ0v) is 16.0. The van der Waals surface area contributed by atoms with Crippen molar-refractivity contribution in [3.63, 3.8) is 0 Å². The number of H-pyrrole nitrogens is 1. The van der Waals surface area contributed by atoms with Crippen molar-refractivity contribution in [2.75, 3.05) is 10.9 Å². The fourth-order valence-corrected chi connectivity index (χ4v) is 3.67. The van der Waals surface area contributed by atoms with E-state index in [1.54, 1.807) is 11.0 Å². The lowest BCUT2D eigenvalue weighted by Crippen LogP contribution is -2.53. The highest BCUT2D eigenvalue weighted by Crippen LogP contribution is 2.34. The largest absolute Gasteiger partial charge is 0.383 e. The Morgan fingerprint density at radius 2 is 1.96 bits per heavy atom. The van der Waals surface area contributed by atoms with Crippen LogP contribution in [0.1, 0.15) is 32.5 Å². The third-order valence-electron chi connectivity index (χ3n) is 5.01. The smallest absolute Gasteiger partial charge is 0.188 e. The summed E-state index contributed by atoms with van der Waals surface area (Å²) in [7, 11) is 0. The first-order valence-corrected chi connectivity index (χ1v) is 9.22. The predicted octanol–water partition coefficient (Wildman–Crippen LogP) is 3.11. The Bertz CT molecular complexity index is 1160. The van der Waals surface area contributed by atoms with Crippen molar-refractivity contribution in [1.29, 1.82) is 0 Å². The van der Waals surface area contributed by atoms with E-state index >= 15 is 0 Å². The number of nitrogen functional groups attached to an aromatic ring is 1. The van der Waals surface area contributed by atoms with Gasteiger partial charge in [0.1, 0.15) is 18.2 Å². The molecule has 1 aliphatic heterocycles. The molecule has 0 saturated heterocycles. The molecule has 28 heavy (non-hydrogen) atoms. The van der Waals surface area contributed by atoms with Crippen LogP contribution in [0.3, 0.4) is 0 Å². The molecule has 1 atom stereocenters. The van der Waals surface area contributed by atoms with Gasteiger partial charge in [-0.1, -0.05) is 18.2 Å². The van der Waals surface area contributed by atoms with Crippen LogP contribution in [0.5, 0.6) is 0 Å². The zero-order valence-electron chi connectivity index (χ0n) is 16.0. The van der Waals surface area contributed by atoms with Gasteiger partial charge in [-0.25, -0.2) is 9.97 Å². The number of rotatable bonds is 2. The molecule has 142 valence electrons. The molecule has 1 aromatic carbocycles. The molecule has 3 N–H and O–H groups in total. The molecule has 3 aromatic heterocycles. The molecule has 0 amide bonds.